The maximum Gasteiger partial charge on any atom is 0.270 e. The molecule has 1 amide bonds. The van der Waals surface area contributed by atoms with Crippen LogP contribution >= 0.6 is 12.2 Å². The van der Waals surface area contributed by atoms with Gasteiger partial charge >= 0.3 is 0 Å². The number of hydrogen-bond donors (Lipinski definition) is 3. The molecule has 0 saturated heterocycles. The normalized spacial score (nSPS) is 16.3. The molecule has 0 aromatic heterocycles. The SMILES string of the molecule is N#C/C(C(=S)Nc1ccccc1)=C1/NN=C2c3ccccc3C(=O)NN21. The Morgan fingerprint density at radius 3 is 2.54 bits per heavy atom. The first-order valence-electron chi connectivity index (χ1n) is 7.74. The number of nitrogens with one attached hydrogen (secondary N) is 3. The molecule has 8 heteroatoms. The molecule has 0 spiro atoms. The zero-order valence-electron chi connectivity index (χ0n) is 13.4. The number of amidine groups is 1. The molecular formula is C18H12N6OS. The van der Waals surface area contributed by atoms with Crippen LogP contribution in [0.5, 0.6) is 0 Å². The molecule has 7 nitrogen and oxygen atoms in total. The molecule has 0 radical (unpaired) electrons. The van der Waals surface area contributed by atoms with E-state index in [0.29, 0.717) is 22.8 Å². The van der Waals surface area contributed by atoms with Crippen LogP contribution < -0.4 is 16.2 Å². The molecule has 2 heterocycles. The van der Waals surface area contributed by atoms with Gasteiger partial charge in [0.1, 0.15) is 16.6 Å². The molecule has 2 aliphatic heterocycles. The van der Waals surface area contributed by atoms with Crippen molar-refractivity contribution in [3.63, 3.8) is 0 Å². The number of para-hydroxylation sites is 1. The van der Waals surface area contributed by atoms with Crippen LogP contribution in [0.2, 0.25) is 0 Å². The first-order chi connectivity index (χ1) is 12.7. The molecule has 0 unspecified atom stereocenters. The van der Waals surface area contributed by atoms with Crippen molar-refractivity contribution in [3.8, 4) is 6.07 Å². The summed E-state index contributed by atoms with van der Waals surface area (Å²) in [6.07, 6.45) is 0. The Hall–Kier alpha value is -3.70. The number of hydrazine groups is 1. The molecule has 2 aromatic rings. The van der Waals surface area contributed by atoms with E-state index in [1.807, 2.05) is 36.4 Å². The maximum absolute atomic E-state index is 12.4. The Balaban J connectivity index is 1.69. The van der Waals surface area contributed by atoms with Crippen LogP contribution in [0.3, 0.4) is 0 Å². The first-order valence-corrected chi connectivity index (χ1v) is 8.15. The quantitative estimate of drug-likeness (QED) is 0.431. The van der Waals surface area contributed by atoms with Crippen molar-refractivity contribution in [2.24, 2.45) is 5.10 Å². The van der Waals surface area contributed by atoms with Gasteiger partial charge in [-0.15, -0.1) is 0 Å². The second-order valence-corrected chi connectivity index (χ2v) is 5.93. The third-order valence-corrected chi connectivity index (χ3v) is 4.24. The second-order valence-electron chi connectivity index (χ2n) is 5.52. The zero-order chi connectivity index (χ0) is 18.1. The first kappa shape index (κ1) is 15.8. The number of carbonyl (C=O) groups excluding carboxylic acids is 1. The number of carbonyl (C=O) groups is 1. The lowest BCUT2D eigenvalue weighted by Gasteiger charge is -2.27. The van der Waals surface area contributed by atoms with Crippen LogP contribution in [0.4, 0.5) is 5.69 Å². The number of anilines is 1. The summed E-state index contributed by atoms with van der Waals surface area (Å²) < 4.78 is 0. The van der Waals surface area contributed by atoms with Gasteiger partial charge in [-0.1, -0.05) is 48.6 Å². The average molecular weight is 360 g/mol. The molecule has 0 aliphatic carbocycles. The second kappa shape index (κ2) is 6.31. The van der Waals surface area contributed by atoms with Crippen LogP contribution in [0, 0.1) is 11.3 Å². The van der Waals surface area contributed by atoms with Crippen molar-refractivity contribution in [2.75, 3.05) is 5.32 Å². The molecule has 2 aromatic carbocycles. The van der Waals surface area contributed by atoms with E-state index < -0.39 is 0 Å². The Labute approximate surface area is 154 Å². The van der Waals surface area contributed by atoms with Gasteiger partial charge in [-0.05, 0) is 18.2 Å². The van der Waals surface area contributed by atoms with Gasteiger partial charge in [0.15, 0.2) is 11.7 Å². The van der Waals surface area contributed by atoms with Gasteiger partial charge in [-0.25, -0.2) is 5.01 Å². The third kappa shape index (κ3) is 2.56. The van der Waals surface area contributed by atoms with Gasteiger partial charge in [0.2, 0.25) is 0 Å². The number of nitrogens with zero attached hydrogens (tertiary/aromatic N) is 3. The van der Waals surface area contributed by atoms with E-state index in [4.69, 9.17) is 12.2 Å². The minimum absolute atomic E-state index is 0.169. The number of benzene rings is 2. The van der Waals surface area contributed by atoms with Gasteiger partial charge in [-0.3, -0.25) is 15.6 Å². The molecule has 2 aliphatic rings. The Morgan fingerprint density at radius 2 is 1.81 bits per heavy atom. The van der Waals surface area contributed by atoms with Crippen LogP contribution in [0.15, 0.2) is 71.1 Å². The summed E-state index contributed by atoms with van der Waals surface area (Å²) in [6.45, 7) is 0. The van der Waals surface area contributed by atoms with Crippen molar-refractivity contribution in [1.29, 1.82) is 5.26 Å². The topological polar surface area (TPSA) is 92.5 Å². The fourth-order valence-electron chi connectivity index (χ4n) is 2.73. The molecule has 0 fully saturated rings. The number of fused-ring (bicyclic) bond motifs is 3. The van der Waals surface area contributed by atoms with E-state index in [-0.39, 0.29) is 16.5 Å². The number of amides is 1. The standard InChI is InChI=1S/C18H12N6OS/c19-10-14(18(26)20-11-6-2-1-3-7-11)16-22-21-15-12-8-4-5-9-13(12)17(25)23-24(15)16/h1-9,22H,(H,20,26)(H,23,25)/b16-14+. The van der Waals surface area contributed by atoms with E-state index >= 15 is 0 Å². The Kier molecular flexibility index (Phi) is 3.84. The predicted octanol–water partition coefficient (Wildman–Crippen LogP) is 2.09. The van der Waals surface area contributed by atoms with Crippen LogP contribution in [-0.4, -0.2) is 21.7 Å². The van der Waals surface area contributed by atoms with E-state index in [1.165, 1.54) is 5.01 Å². The summed E-state index contributed by atoms with van der Waals surface area (Å²) >= 11 is 5.37. The van der Waals surface area contributed by atoms with Crippen molar-refractivity contribution in [2.45, 2.75) is 0 Å². The summed E-state index contributed by atoms with van der Waals surface area (Å²) in [5, 5.41) is 18.3. The predicted molar refractivity (Wildman–Crippen MR) is 101 cm³/mol. The van der Waals surface area contributed by atoms with Gasteiger partial charge in [0.25, 0.3) is 5.91 Å². The highest BCUT2D eigenvalue weighted by atomic mass is 32.1. The lowest BCUT2D eigenvalue weighted by atomic mass is 10.0. The summed E-state index contributed by atoms with van der Waals surface area (Å²) in [4.78, 5) is 12.6. The fourth-order valence-corrected chi connectivity index (χ4v) is 2.99. The Morgan fingerprint density at radius 1 is 1.12 bits per heavy atom. The van der Waals surface area contributed by atoms with E-state index in [2.05, 4.69) is 27.3 Å². The lowest BCUT2D eigenvalue weighted by molar-refractivity contribution is 0.0882. The average Bonchev–Trinajstić information content (AvgIpc) is 3.07. The Bertz CT molecular complexity index is 1020. The van der Waals surface area contributed by atoms with Crippen molar-refractivity contribution < 1.29 is 4.79 Å². The molecule has 26 heavy (non-hydrogen) atoms. The smallest absolute Gasteiger partial charge is 0.270 e. The number of thiocarbonyl (C=S) groups is 1. The maximum atomic E-state index is 12.4. The van der Waals surface area contributed by atoms with E-state index in [1.54, 1.807) is 18.2 Å². The van der Waals surface area contributed by atoms with E-state index in [9.17, 15) is 10.1 Å². The molecule has 0 saturated carbocycles. The van der Waals surface area contributed by atoms with Crippen LogP contribution in [-0.2, 0) is 0 Å². The summed E-state index contributed by atoms with van der Waals surface area (Å²) in [5.74, 6) is 0.532. The van der Waals surface area contributed by atoms with Crippen LogP contribution in [0.1, 0.15) is 15.9 Å². The van der Waals surface area contributed by atoms with Crippen molar-refractivity contribution >= 4 is 34.6 Å². The fraction of sp³-hybridized carbons (Fsp3) is 0. The largest absolute Gasteiger partial charge is 0.345 e. The number of rotatable bonds is 2. The molecule has 126 valence electrons. The number of nitriles is 1. The van der Waals surface area contributed by atoms with Crippen molar-refractivity contribution in [1.82, 2.24) is 15.9 Å². The number of hydrogen-bond acceptors (Lipinski definition) is 6. The highest BCUT2D eigenvalue weighted by Gasteiger charge is 2.35. The van der Waals surface area contributed by atoms with Gasteiger partial charge in [-0.2, -0.15) is 10.4 Å². The molecule has 4 rings (SSSR count). The summed E-state index contributed by atoms with van der Waals surface area (Å²) in [5.41, 5.74) is 7.66. The van der Waals surface area contributed by atoms with Gasteiger partial charge < -0.3 is 5.32 Å². The zero-order valence-corrected chi connectivity index (χ0v) is 14.2. The van der Waals surface area contributed by atoms with Crippen molar-refractivity contribution in [3.05, 3.63) is 77.1 Å². The third-order valence-electron chi connectivity index (χ3n) is 3.94. The monoisotopic (exact) mass is 360 g/mol. The molecular weight excluding hydrogens is 348 g/mol. The van der Waals surface area contributed by atoms with Gasteiger partial charge in [0, 0.05) is 11.3 Å². The summed E-state index contributed by atoms with van der Waals surface area (Å²) in [6, 6.07) is 18.5. The molecule has 0 atom stereocenters. The summed E-state index contributed by atoms with van der Waals surface area (Å²) in [7, 11) is 0. The van der Waals surface area contributed by atoms with Crippen LogP contribution in [0.25, 0.3) is 0 Å². The molecule has 0 bridgehead atoms. The lowest BCUT2D eigenvalue weighted by Crippen LogP contribution is -2.49. The van der Waals surface area contributed by atoms with E-state index in [0.717, 1.165) is 5.69 Å². The highest BCUT2D eigenvalue weighted by molar-refractivity contribution is 7.81. The highest BCUT2D eigenvalue weighted by Crippen LogP contribution is 2.24. The minimum atomic E-state index is -0.278. The number of hydrazone groups is 1. The minimum Gasteiger partial charge on any atom is -0.345 e. The molecule has 3 N–H and O–H groups in total. The van der Waals surface area contributed by atoms with Gasteiger partial charge in [0.05, 0.1) is 5.56 Å².